The van der Waals surface area contributed by atoms with Gasteiger partial charge in [-0.15, -0.1) is 11.8 Å². The maximum atomic E-state index is 12.7. The van der Waals surface area contributed by atoms with Crippen molar-refractivity contribution in [2.75, 3.05) is 6.61 Å². The highest BCUT2D eigenvalue weighted by atomic mass is 32.2. The van der Waals surface area contributed by atoms with Crippen LogP contribution in [-0.2, 0) is 13.0 Å². The molecular formula is C21H24N2O3S. The summed E-state index contributed by atoms with van der Waals surface area (Å²) in [4.78, 5) is 17.5. The number of hydrogen-bond donors (Lipinski definition) is 1. The van der Waals surface area contributed by atoms with Crippen molar-refractivity contribution in [1.29, 1.82) is 0 Å². The van der Waals surface area contributed by atoms with Crippen molar-refractivity contribution in [2.24, 2.45) is 4.99 Å². The van der Waals surface area contributed by atoms with E-state index in [0.29, 0.717) is 24.2 Å². The van der Waals surface area contributed by atoms with Gasteiger partial charge in [-0.2, -0.15) is 0 Å². The molecule has 2 atom stereocenters. The molecule has 5 nitrogen and oxygen atoms in total. The zero-order valence-corrected chi connectivity index (χ0v) is 16.7. The average Bonchev–Trinajstić information content (AvgIpc) is 3.19. The molecule has 4 rings (SSSR count). The highest BCUT2D eigenvalue weighted by Crippen LogP contribution is 2.47. The Morgan fingerprint density at radius 2 is 2.26 bits per heavy atom. The van der Waals surface area contributed by atoms with Crippen LogP contribution in [0.15, 0.2) is 33.7 Å². The third-order valence-corrected chi connectivity index (χ3v) is 6.33. The Balaban J connectivity index is 1.50. The number of nitrogens with one attached hydrogen (secondary N) is 1. The lowest BCUT2D eigenvalue weighted by Gasteiger charge is -2.22. The van der Waals surface area contributed by atoms with Crippen molar-refractivity contribution in [3.05, 3.63) is 52.5 Å². The van der Waals surface area contributed by atoms with E-state index in [4.69, 9.17) is 14.1 Å². The summed E-state index contributed by atoms with van der Waals surface area (Å²) in [6, 6.07) is 7.90. The lowest BCUT2D eigenvalue weighted by Crippen LogP contribution is -2.23. The molecule has 1 aliphatic heterocycles. The van der Waals surface area contributed by atoms with Gasteiger partial charge in [-0.3, -0.25) is 9.79 Å². The van der Waals surface area contributed by atoms with Gasteiger partial charge < -0.3 is 14.5 Å². The first-order chi connectivity index (χ1) is 13.1. The second kappa shape index (κ2) is 7.43. The number of hydrogen-bond acceptors (Lipinski definition) is 5. The van der Waals surface area contributed by atoms with Gasteiger partial charge in [0, 0.05) is 29.3 Å². The van der Waals surface area contributed by atoms with Gasteiger partial charge in [0.2, 0.25) is 0 Å². The predicted molar refractivity (Wildman–Crippen MR) is 108 cm³/mol. The van der Waals surface area contributed by atoms with Crippen LogP contribution in [0.5, 0.6) is 5.75 Å². The van der Waals surface area contributed by atoms with E-state index in [9.17, 15) is 4.79 Å². The minimum Gasteiger partial charge on any atom is -0.494 e. The fraction of sp³-hybridized carbons (Fsp3) is 0.429. The number of amides is 1. The van der Waals surface area contributed by atoms with E-state index >= 15 is 0 Å². The Bertz CT molecular complexity index is 903. The third kappa shape index (κ3) is 3.50. The fourth-order valence-electron chi connectivity index (χ4n) is 3.88. The normalized spacial score (nSPS) is 20.6. The third-order valence-electron chi connectivity index (χ3n) is 5.09. The number of benzene rings is 1. The van der Waals surface area contributed by atoms with E-state index in [1.54, 1.807) is 0 Å². The minimum atomic E-state index is -0.174. The number of aryl methyl sites for hydroxylation is 1. The van der Waals surface area contributed by atoms with E-state index < -0.39 is 0 Å². The van der Waals surface area contributed by atoms with Crippen LogP contribution in [0.2, 0.25) is 0 Å². The number of nitrogens with zero attached hydrogens (tertiary/aromatic N) is 1. The molecule has 0 radical (unpaired) electrons. The molecule has 1 amide bonds. The second-order valence-corrected chi connectivity index (χ2v) is 8.38. The standard InChI is InChI=1S/C21H24N2O3S/c1-4-25-15-7-5-6-14(10-15)11-22-21(24)20-12(2)18-16(26-20)8-9-17-19(18)23-13(3)27-17/h5-7,10,17,19H,4,8-9,11H2,1-3H3,(H,22,24). The van der Waals surface area contributed by atoms with E-state index in [-0.39, 0.29) is 11.9 Å². The quantitative estimate of drug-likeness (QED) is 0.828. The molecule has 0 spiro atoms. The van der Waals surface area contributed by atoms with Crippen LogP contribution < -0.4 is 10.1 Å². The summed E-state index contributed by atoms with van der Waals surface area (Å²) in [7, 11) is 0. The first-order valence-corrected chi connectivity index (χ1v) is 10.3. The summed E-state index contributed by atoms with van der Waals surface area (Å²) in [6.07, 6.45) is 1.91. The molecular weight excluding hydrogens is 360 g/mol. The van der Waals surface area contributed by atoms with Gasteiger partial charge in [0.1, 0.15) is 11.5 Å². The summed E-state index contributed by atoms with van der Waals surface area (Å²) in [5.41, 5.74) is 3.05. The molecule has 0 bridgehead atoms. The van der Waals surface area contributed by atoms with Gasteiger partial charge >= 0.3 is 0 Å². The summed E-state index contributed by atoms with van der Waals surface area (Å²) >= 11 is 1.85. The smallest absolute Gasteiger partial charge is 0.287 e. The SMILES string of the molecule is CCOc1cccc(CNC(=O)c2oc3c(c2C)C2N=C(C)SC2CC3)c1. The van der Waals surface area contributed by atoms with Gasteiger partial charge in [0.15, 0.2) is 5.76 Å². The van der Waals surface area contributed by atoms with Crippen LogP contribution in [0.3, 0.4) is 0 Å². The monoisotopic (exact) mass is 384 g/mol. The number of rotatable bonds is 5. The second-order valence-electron chi connectivity index (χ2n) is 6.94. The largest absolute Gasteiger partial charge is 0.494 e. The number of ether oxygens (including phenoxy) is 1. The summed E-state index contributed by atoms with van der Waals surface area (Å²) < 4.78 is 11.5. The molecule has 1 aromatic carbocycles. The van der Waals surface area contributed by atoms with Gasteiger partial charge in [-0.25, -0.2) is 0 Å². The Kier molecular flexibility index (Phi) is 5.00. The van der Waals surface area contributed by atoms with Gasteiger partial charge in [0.25, 0.3) is 5.91 Å². The van der Waals surface area contributed by atoms with Crippen LogP contribution >= 0.6 is 11.8 Å². The van der Waals surface area contributed by atoms with Crippen LogP contribution in [0.1, 0.15) is 59.3 Å². The van der Waals surface area contributed by atoms with E-state index in [2.05, 4.69) is 12.2 Å². The molecule has 0 saturated heterocycles. The molecule has 2 heterocycles. The molecule has 0 fully saturated rings. The molecule has 2 aromatic rings. The van der Waals surface area contributed by atoms with E-state index in [1.807, 2.05) is 49.9 Å². The summed E-state index contributed by atoms with van der Waals surface area (Å²) in [5, 5.41) is 4.58. The molecule has 2 aliphatic rings. The van der Waals surface area contributed by atoms with Crippen molar-refractivity contribution in [1.82, 2.24) is 5.32 Å². The van der Waals surface area contributed by atoms with Gasteiger partial charge in [-0.1, -0.05) is 12.1 Å². The van der Waals surface area contributed by atoms with Crippen molar-refractivity contribution in [3.63, 3.8) is 0 Å². The highest BCUT2D eigenvalue weighted by molar-refractivity contribution is 8.14. The first kappa shape index (κ1) is 18.2. The van der Waals surface area contributed by atoms with Crippen molar-refractivity contribution in [3.8, 4) is 5.75 Å². The Labute approximate surface area is 163 Å². The minimum absolute atomic E-state index is 0.131. The lowest BCUT2D eigenvalue weighted by atomic mass is 9.90. The first-order valence-electron chi connectivity index (χ1n) is 9.40. The molecule has 1 aliphatic carbocycles. The Morgan fingerprint density at radius 1 is 1.41 bits per heavy atom. The van der Waals surface area contributed by atoms with Crippen molar-refractivity contribution < 1.29 is 13.9 Å². The zero-order chi connectivity index (χ0) is 19.0. The topological polar surface area (TPSA) is 63.8 Å². The Hall–Kier alpha value is -2.21. The number of carbonyl (C=O) groups is 1. The maximum absolute atomic E-state index is 12.7. The van der Waals surface area contributed by atoms with Crippen molar-refractivity contribution >= 4 is 22.7 Å². The Morgan fingerprint density at radius 3 is 3.07 bits per heavy atom. The van der Waals surface area contributed by atoms with Gasteiger partial charge in [-0.05, 0) is 44.9 Å². The fourth-order valence-corrected chi connectivity index (χ4v) is 5.06. The lowest BCUT2D eigenvalue weighted by molar-refractivity contribution is 0.0920. The molecule has 0 saturated carbocycles. The number of thioether (sulfide) groups is 1. The molecule has 27 heavy (non-hydrogen) atoms. The molecule has 142 valence electrons. The van der Waals surface area contributed by atoms with Crippen LogP contribution in [0, 0.1) is 6.92 Å². The number of carbonyl (C=O) groups excluding carboxylic acids is 1. The van der Waals surface area contributed by atoms with Crippen LogP contribution in [-0.4, -0.2) is 22.8 Å². The molecule has 1 N–H and O–H groups in total. The maximum Gasteiger partial charge on any atom is 0.287 e. The highest BCUT2D eigenvalue weighted by Gasteiger charge is 2.39. The zero-order valence-electron chi connectivity index (χ0n) is 15.9. The average molecular weight is 385 g/mol. The number of aliphatic imine (C=N–C) groups is 1. The van der Waals surface area contributed by atoms with Gasteiger partial charge in [0.05, 0.1) is 17.7 Å². The van der Waals surface area contributed by atoms with E-state index in [0.717, 1.165) is 46.1 Å². The number of furan rings is 1. The van der Waals surface area contributed by atoms with E-state index in [1.165, 1.54) is 0 Å². The predicted octanol–water partition coefficient (Wildman–Crippen LogP) is 4.44. The van der Waals surface area contributed by atoms with Crippen LogP contribution in [0.4, 0.5) is 0 Å². The molecule has 6 heteroatoms. The summed E-state index contributed by atoms with van der Waals surface area (Å²) in [5.74, 6) is 1.99. The molecule has 1 aromatic heterocycles. The summed E-state index contributed by atoms with van der Waals surface area (Å²) in [6.45, 7) is 7.04. The van der Waals surface area contributed by atoms with Crippen LogP contribution in [0.25, 0.3) is 0 Å². The molecule has 2 unspecified atom stereocenters. The number of fused-ring (bicyclic) bond motifs is 3. The van der Waals surface area contributed by atoms with Crippen molar-refractivity contribution in [2.45, 2.75) is 51.4 Å².